The lowest BCUT2D eigenvalue weighted by Gasteiger charge is -2.39. The maximum absolute atomic E-state index is 13.3. The summed E-state index contributed by atoms with van der Waals surface area (Å²) in [5.41, 5.74) is 5.49. The first-order valence-corrected chi connectivity index (χ1v) is 14.1. The molecule has 0 radical (unpaired) electrons. The number of ether oxygens (including phenoxy) is 1. The Morgan fingerprint density at radius 2 is 1.89 bits per heavy atom. The van der Waals surface area contributed by atoms with Gasteiger partial charge in [0, 0.05) is 23.9 Å². The van der Waals surface area contributed by atoms with Crippen molar-refractivity contribution >= 4 is 56.4 Å². The highest BCUT2D eigenvalue weighted by atomic mass is 32.2. The fourth-order valence-electron chi connectivity index (χ4n) is 3.74. The molecule has 3 amide bonds. The minimum absolute atomic E-state index is 0.0111. The molecule has 1 fully saturated rings. The maximum atomic E-state index is 13.3. The van der Waals surface area contributed by atoms with E-state index in [1.54, 1.807) is 23.6 Å². The van der Waals surface area contributed by atoms with Crippen molar-refractivity contribution in [3.8, 4) is 0 Å². The average Bonchev–Trinajstić information content (AvgIpc) is 3.52. The number of amides is 3. The van der Waals surface area contributed by atoms with Crippen molar-refractivity contribution in [2.24, 2.45) is 5.73 Å². The summed E-state index contributed by atoms with van der Waals surface area (Å²) in [5, 5.41) is 14.8. The van der Waals surface area contributed by atoms with Gasteiger partial charge in [-0.15, -0.1) is 22.7 Å². The number of rotatable bonds is 12. The number of aliphatic carboxylic acids is 1. The predicted molar refractivity (Wildman–Crippen MR) is 131 cm³/mol. The van der Waals surface area contributed by atoms with Gasteiger partial charge in [0.1, 0.15) is 29.5 Å². The molecule has 0 aromatic carbocycles. The third kappa shape index (κ3) is 7.57. The van der Waals surface area contributed by atoms with Crippen LogP contribution in [0.15, 0.2) is 39.2 Å². The number of primary amides is 1. The zero-order chi connectivity index (χ0) is 26.3. The Hall–Kier alpha value is -2.85. The van der Waals surface area contributed by atoms with Gasteiger partial charge in [-0.05, 0) is 35.7 Å². The van der Waals surface area contributed by atoms with Gasteiger partial charge in [0.15, 0.2) is 0 Å². The third-order valence-corrected chi connectivity index (χ3v) is 9.22. The summed E-state index contributed by atoms with van der Waals surface area (Å²) in [6, 6.07) is 3.80. The molecule has 5 N–H and O–H groups in total. The second-order valence-electron chi connectivity index (χ2n) is 8.01. The molecule has 3 atom stereocenters. The van der Waals surface area contributed by atoms with Gasteiger partial charge < -0.3 is 25.8 Å². The number of hydrogen-bond acceptors (Lipinski definition) is 9. The van der Waals surface area contributed by atoms with E-state index in [0.29, 0.717) is 0 Å². The topological polar surface area (TPSA) is 185 Å². The molecule has 3 heterocycles. The van der Waals surface area contributed by atoms with Crippen molar-refractivity contribution in [3.05, 3.63) is 39.9 Å². The van der Waals surface area contributed by atoms with Gasteiger partial charge in [0.2, 0.25) is 27.7 Å². The maximum Gasteiger partial charge on any atom is 0.329 e. The highest BCUT2D eigenvalue weighted by molar-refractivity contribution is 7.91. The predicted octanol–water partition coefficient (Wildman–Crippen LogP) is -0.238. The first kappa shape index (κ1) is 27.7. The quantitative estimate of drug-likeness (QED) is 0.275. The molecule has 1 aliphatic heterocycles. The molecule has 12 nitrogen and oxygen atoms in total. The van der Waals surface area contributed by atoms with E-state index in [2.05, 4.69) is 10.0 Å². The van der Waals surface area contributed by atoms with Gasteiger partial charge in [0.05, 0.1) is 0 Å². The molecule has 15 heteroatoms. The van der Waals surface area contributed by atoms with Crippen LogP contribution in [0.2, 0.25) is 0 Å². The number of nitrogens with two attached hydrogens (primary N) is 1. The number of thiophene rings is 2. The molecule has 0 bridgehead atoms. The minimum Gasteiger partial charge on any atom is -0.480 e. The van der Waals surface area contributed by atoms with Crippen LogP contribution in [-0.4, -0.2) is 80.0 Å². The zero-order valence-electron chi connectivity index (χ0n) is 19.0. The molecule has 2 aromatic rings. The summed E-state index contributed by atoms with van der Waals surface area (Å²) in [7, 11) is -3.83. The number of likely N-dealkylation sites (tertiary alicyclic amines) is 1. The molecular weight excluding hydrogens is 532 g/mol. The van der Waals surface area contributed by atoms with Crippen molar-refractivity contribution < 1.29 is 37.4 Å². The fraction of sp³-hybridized carbons (Fsp3) is 0.429. The molecular formula is C21H26N4O8S3. The van der Waals surface area contributed by atoms with Crippen molar-refractivity contribution in [2.75, 3.05) is 19.8 Å². The normalized spacial score (nSPS) is 18.9. The summed E-state index contributed by atoms with van der Waals surface area (Å²) in [4.78, 5) is 50.7. The van der Waals surface area contributed by atoms with E-state index in [-0.39, 0.29) is 30.0 Å². The van der Waals surface area contributed by atoms with Crippen LogP contribution < -0.4 is 15.8 Å². The summed E-state index contributed by atoms with van der Waals surface area (Å²) in [5.74, 6) is -3.33. The standard InChI is InChI=1S/C21H26N4O8S3/c22-20(29)15(10-14-3-1-7-34-14)23-21(30)16-9-13(24-36(31,32)19-4-2-8-35-19)5-6-25(16)17(26)11-33-12-18(27)28/h1-4,7-8,13,15-16,24H,5-6,9-12H2,(H2,22,29)(H,23,30)(H,27,28). The first-order valence-electron chi connectivity index (χ1n) is 10.8. The highest BCUT2D eigenvalue weighted by Gasteiger charge is 2.39. The molecule has 0 spiro atoms. The van der Waals surface area contributed by atoms with E-state index in [9.17, 15) is 27.6 Å². The van der Waals surface area contributed by atoms with E-state index in [1.807, 2.05) is 5.38 Å². The van der Waals surface area contributed by atoms with Crippen molar-refractivity contribution in [2.45, 2.75) is 41.6 Å². The second-order valence-corrected chi connectivity index (χ2v) is 11.9. The Morgan fingerprint density at radius 3 is 2.50 bits per heavy atom. The van der Waals surface area contributed by atoms with Gasteiger partial charge in [-0.25, -0.2) is 17.9 Å². The van der Waals surface area contributed by atoms with Crippen LogP contribution in [0.4, 0.5) is 0 Å². The number of carboxylic acids is 1. The molecule has 0 aliphatic carbocycles. The van der Waals surface area contributed by atoms with Crippen LogP contribution in [0.3, 0.4) is 0 Å². The number of sulfonamides is 1. The van der Waals surface area contributed by atoms with Crippen molar-refractivity contribution in [1.82, 2.24) is 14.9 Å². The van der Waals surface area contributed by atoms with Gasteiger partial charge in [-0.3, -0.25) is 14.4 Å². The zero-order valence-corrected chi connectivity index (χ0v) is 21.4. The Labute approximate surface area is 215 Å². The first-order chi connectivity index (χ1) is 17.1. The van der Waals surface area contributed by atoms with Crippen LogP contribution >= 0.6 is 22.7 Å². The van der Waals surface area contributed by atoms with Crippen LogP contribution in [0, 0.1) is 0 Å². The number of carbonyl (C=O) groups excluding carboxylic acids is 3. The summed E-state index contributed by atoms with van der Waals surface area (Å²) < 4.78 is 32.9. The lowest BCUT2D eigenvalue weighted by molar-refractivity contribution is -0.150. The van der Waals surface area contributed by atoms with E-state index < -0.39 is 65.1 Å². The van der Waals surface area contributed by atoms with Gasteiger partial charge >= 0.3 is 5.97 Å². The van der Waals surface area contributed by atoms with Crippen molar-refractivity contribution in [3.63, 3.8) is 0 Å². The van der Waals surface area contributed by atoms with E-state index in [1.165, 1.54) is 22.3 Å². The number of piperidine rings is 1. The number of carboxylic acid groups (broad SMARTS) is 1. The summed E-state index contributed by atoms with van der Waals surface area (Å²) in [6.07, 6.45) is 0.314. The average molecular weight is 559 g/mol. The Balaban J connectivity index is 1.75. The van der Waals surface area contributed by atoms with E-state index in [4.69, 9.17) is 15.6 Å². The fourth-order valence-corrected chi connectivity index (χ4v) is 6.79. The van der Waals surface area contributed by atoms with Gasteiger partial charge in [-0.2, -0.15) is 0 Å². The summed E-state index contributed by atoms with van der Waals surface area (Å²) >= 11 is 2.44. The number of carbonyl (C=O) groups is 4. The summed E-state index contributed by atoms with van der Waals surface area (Å²) in [6.45, 7) is -1.25. The van der Waals surface area contributed by atoms with Crippen LogP contribution in [0.1, 0.15) is 17.7 Å². The molecule has 2 aromatic heterocycles. The number of nitrogens with one attached hydrogen (secondary N) is 2. The minimum atomic E-state index is -3.83. The highest BCUT2D eigenvalue weighted by Crippen LogP contribution is 2.23. The van der Waals surface area contributed by atoms with Crippen LogP contribution in [0.5, 0.6) is 0 Å². The molecule has 1 saturated heterocycles. The van der Waals surface area contributed by atoms with E-state index >= 15 is 0 Å². The lowest BCUT2D eigenvalue weighted by atomic mass is 9.96. The molecule has 3 unspecified atom stereocenters. The molecule has 36 heavy (non-hydrogen) atoms. The third-order valence-electron chi connectivity index (χ3n) is 5.40. The smallest absolute Gasteiger partial charge is 0.329 e. The molecule has 1 aliphatic rings. The van der Waals surface area contributed by atoms with Gasteiger partial charge in [0.25, 0.3) is 0 Å². The molecule has 3 rings (SSSR count). The van der Waals surface area contributed by atoms with Crippen LogP contribution in [0.25, 0.3) is 0 Å². The van der Waals surface area contributed by atoms with Crippen LogP contribution in [-0.2, 0) is 40.4 Å². The number of hydrogen-bond donors (Lipinski definition) is 4. The lowest BCUT2D eigenvalue weighted by Crippen LogP contribution is -2.60. The Bertz CT molecular complexity index is 1170. The van der Waals surface area contributed by atoms with E-state index in [0.717, 1.165) is 16.2 Å². The second kappa shape index (κ2) is 12.4. The van der Waals surface area contributed by atoms with Crippen molar-refractivity contribution in [1.29, 1.82) is 0 Å². The molecule has 196 valence electrons. The Kier molecular flexibility index (Phi) is 9.56. The Morgan fingerprint density at radius 1 is 1.17 bits per heavy atom. The molecule has 0 saturated carbocycles. The largest absolute Gasteiger partial charge is 0.480 e. The number of nitrogens with zero attached hydrogens (tertiary/aromatic N) is 1. The van der Waals surface area contributed by atoms with Gasteiger partial charge in [-0.1, -0.05) is 12.1 Å². The SMILES string of the molecule is NC(=O)C(Cc1cccs1)NC(=O)C1CC(NS(=O)(=O)c2cccs2)CCN1C(=O)COCC(=O)O. The monoisotopic (exact) mass is 558 g/mol.